The van der Waals surface area contributed by atoms with Gasteiger partial charge in [0.05, 0.1) is 12.1 Å². The molecular formula is C13H19N3O2. The van der Waals surface area contributed by atoms with E-state index in [1.807, 2.05) is 19.2 Å². The van der Waals surface area contributed by atoms with E-state index < -0.39 is 0 Å². The second-order valence-corrected chi connectivity index (χ2v) is 4.74. The number of aromatic nitrogens is 1. The summed E-state index contributed by atoms with van der Waals surface area (Å²) in [5.74, 6) is -0.281. The number of aryl methyl sites for hydroxylation is 1. The Kier molecular flexibility index (Phi) is 3.93. The van der Waals surface area contributed by atoms with E-state index in [1.165, 1.54) is 5.56 Å². The first-order chi connectivity index (χ1) is 8.61. The maximum Gasteiger partial charge on any atom is 0.234 e. The van der Waals surface area contributed by atoms with Crippen molar-refractivity contribution in [3.8, 4) is 0 Å². The molecule has 5 nitrogen and oxygen atoms in total. The molecule has 1 aromatic heterocycles. The van der Waals surface area contributed by atoms with Crippen LogP contribution in [0.1, 0.15) is 17.5 Å². The number of nitrogens with two attached hydrogens (primary N) is 1. The summed E-state index contributed by atoms with van der Waals surface area (Å²) in [7, 11) is 1.67. The van der Waals surface area contributed by atoms with Crippen molar-refractivity contribution < 1.29 is 9.53 Å². The molecule has 1 aliphatic rings. The molecule has 98 valence electrons. The number of hydrogen-bond acceptors (Lipinski definition) is 4. The highest BCUT2D eigenvalue weighted by atomic mass is 16.5. The van der Waals surface area contributed by atoms with Crippen molar-refractivity contribution in [1.82, 2.24) is 9.88 Å². The smallest absolute Gasteiger partial charge is 0.234 e. The van der Waals surface area contributed by atoms with Crippen LogP contribution in [0, 0.1) is 6.92 Å². The normalized spacial score (nSPS) is 24.3. The molecule has 18 heavy (non-hydrogen) atoms. The minimum Gasteiger partial charge on any atom is -0.380 e. The third kappa shape index (κ3) is 2.68. The predicted molar refractivity (Wildman–Crippen MR) is 67.8 cm³/mol. The Morgan fingerprint density at radius 3 is 3.06 bits per heavy atom. The van der Waals surface area contributed by atoms with Gasteiger partial charge in [0.2, 0.25) is 5.91 Å². The van der Waals surface area contributed by atoms with E-state index in [2.05, 4.69) is 9.88 Å². The lowest BCUT2D eigenvalue weighted by atomic mass is 10.1. The van der Waals surface area contributed by atoms with E-state index in [0.717, 1.165) is 12.1 Å². The fourth-order valence-electron chi connectivity index (χ4n) is 2.38. The monoisotopic (exact) mass is 249 g/mol. The maximum atomic E-state index is 11.5. The summed E-state index contributed by atoms with van der Waals surface area (Å²) in [6, 6.07) is 1.73. The van der Waals surface area contributed by atoms with Crippen LogP contribution >= 0.6 is 0 Å². The summed E-state index contributed by atoms with van der Waals surface area (Å²) in [4.78, 5) is 17.7. The van der Waals surface area contributed by atoms with Gasteiger partial charge >= 0.3 is 0 Å². The highest BCUT2D eigenvalue weighted by Gasteiger charge is 2.35. The molecule has 2 N–H and O–H groups in total. The SMILES string of the molecule is CO[C@H]1C[C@@H](C(N)=O)N(Cc2cnccc2C)C1. The molecule has 1 amide bonds. The number of ether oxygens (including phenoxy) is 1. The lowest BCUT2D eigenvalue weighted by Gasteiger charge is -2.22. The average molecular weight is 249 g/mol. The third-order valence-corrected chi connectivity index (χ3v) is 3.55. The number of carbonyl (C=O) groups is 1. The number of nitrogens with zero attached hydrogens (tertiary/aromatic N) is 2. The van der Waals surface area contributed by atoms with Gasteiger partial charge in [-0.1, -0.05) is 0 Å². The number of hydrogen-bond donors (Lipinski definition) is 1. The molecule has 2 rings (SSSR count). The van der Waals surface area contributed by atoms with Gasteiger partial charge in [0, 0.05) is 32.6 Å². The van der Waals surface area contributed by atoms with Gasteiger partial charge in [-0.2, -0.15) is 0 Å². The van der Waals surface area contributed by atoms with Gasteiger partial charge in [-0.05, 0) is 30.5 Å². The van der Waals surface area contributed by atoms with Crippen molar-refractivity contribution in [3.63, 3.8) is 0 Å². The largest absolute Gasteiger partial charge is 0.380 e. The van der Waals surface area contributed by atoms with Crippen LogP contribution in [-0.2, 0) is 16.1 Å². The van der Waals surface area contributed by atoms with Crippen molar-refractivity contribution in [1.29, 1.82) is 0 Å². The van der Waals surface area contributed by atoms with Crippen LogP contribution in [0.25, 0.3) is 0 Å². The molecule has 1 fully saturated rings. The van der Waals surface area contributed by atoms with Crippen LogP contribution in [0.5, 0.6) is 0 Å². The number of amides is 1. The molecule has 1 aromatic rings. The fourth-order valence-corrected chi connectivity index (χ4v) is 2.38. The summed E-state index contributed by atoms with van der Waals surface area (Å²) >= 11 is 0. The Morgan fingerprint density at radius 1 is 1.67 bits per heavy atom. The number of carbonyl (C=O) groups excluding carboxylic acids is 1. The molecule has 1 aliphatic heterocycles. The highest BCUT2D eigenvalue weighted by molar-refractivity contribution is 5.80. The van der Waals surface area contributed by atoms with Crippen LogP contribution in [0.15, 0.2) is 18.5 Å². The molecule has 0 aliphatic carbocycles. The molecule has 0 radical (unpaired) electrons. The Morgan fingerprint density at radius 2 is 2.44 bits per heavy atom. The Balaban J connectivity index is 2.12. The van der Waals surface area contributed by atoms with Gasteiger partial charge in [0.25, 0.3) is 0 Å². The van der Waals surface area contributed by atoms with Crippen LogP contribution in [0.2, 0.25) is 0 Å². The summed E-state index contributed by atoms with van der Waals surface area (Å²) in [5.41, 5.74) is 7.75. The van der Waals surface area contributed by atoms with E-state index in [-0.39, 0.29) is 18.1 Å². The topological polar surface area (TPSA) is 68.5 Å². The minimum absolute atomic E-state index is 0.0828. The van der Waals surface area contributed by atoms with Crippen molar-refractivity contribution in [2.45, 2.75) is 32.0 Å². The summed E-state index contributed by atoms with van der Waals surface area (Å²) in [6.07, 6.45) is 4.37. The molecule has 0 bridgehead atoms. The highest BCUT2D eigenvalue weighted by Crippen LogP contribution is 2.22. The molecule has 0 saturated carbocycles. The molecular weight excluding hydrogens is 230 g/mol. The summed E-state index contributed by atoms with van der Waals surface area (Å²) in [6.45, 7) is 3.46. The molecule has 2 heterocycles. The summed E-state index contributed by atoms with van der Waals surface area (Å²) < 4.78 is 5.32. The van der Waals surface area contributed by atoms with E-state index in [4.69, 9.17) is 10.5 Å². The zero-order valence-corrected chi connectivity index (χ0v) is 10.8. The number of rotatable bonds is 4. The number of likely N-dealkylation sites (tertiary alicyclic amines) is 1. The van der Waals surface area contributed by atoms with Gasteiger partial charge in [0.1, 0.15) is 0 Å². The van der Waals surface area contributed by atoms with E-state index in [0.29, 0.717) is 13.0 Å². The van der Waals surface area contributed by atoms with Gasteiger partial charge < -0.3 is 10.5 Å². The first-order valence-electron chi connectivity index (χ1n) is 6.07. The molecule has 0 aromatic carbocycles. The van der Waals surface area contributed by atoms with Crippen molar-refractivity contribution >= 4 is 5.91 Å². The van der Waals surface area contributed by atoms with Gasteiger partial charge in [-0.25, -0.2) is 0 Å². The van der Waals surface area contributed by atoms with Gasteiger partial charge in [-0.3, -0.25) is 14.7 Å². The standard InChI is InChI=1S/C13H19N3O2/c1-9-3-4-15-6-10(9)7-16-8-11(18-2)5-12(16)13(14)17/h3-4,6,11-12H,5,7-8H2,1-2H3,(H2,14,17)/t11-,12-/m0/s1. The zero-order chi connectivity index (χ0) is 13.1. The molecule has 5 heteroatoms. The lowest BCUT2D eigenvalue weighted by Crippen LogP contribution is -2.39. The Bertz CT molecular complexity index is 436. The zero-order valence-electron chi connectivity index (χ0n) is 10.8. The summed E-state index contributed by atoms with van der Waals surface area (Å²) in [5, 5.41) is 0. The number of primary amides is 1. The van der Waals surface area contributed by atoms with Crippen LogP contribution in [0.3, 0.4) is 0 Å². The Hall–Kier alpha value is -1.46. The third-order valence-electron chi connectivity index (χ3n) is 3.55. The minimum atomic E-state index is -0.281. The first-order valence-corrected chi connectivity index (χ1v) is 6.07. The molecule has 0 unspecified atom stereocenters. The van der Waals surface area contributed by atoms with Crippen molar-refractivity contribution in [2.24, 2.45) is 5.73 Å². The van der Waals surface area contributed by atoms with Crippen LogP contribution in [-0.4, -0.2) is 41.6 Å². The second-order valence-electron chi connectivity index (χ2n) is 4.74. The molecule has 2 atom stereocenters. The van der Waals surface area contributed by atoms with Crippen LogP contribution in [0.4, 0.5) is 0 Å². The molecule has 1 saturated heterocycles. The van der Waals surface area contributed by atoms with Gasteiger partial charge in [0.15, 0.2) is 0 Å². The quantitative estimate of drug-likeness (QED) is 0.842. The number of methoxy groups -OCH3 is 1. The maximum absolute atomic E-state index is 11.5. The fraction of sp³-hybridized carbons (Fsp3) is 0.538. The predicted octanol–water partition coefficient (Wildman–Crippen LogP) is 0.465. The molecule has 0 spiro atoms. The second kappa shape index (κ2) is 5.46. The van der Waals surface area contributed by atoms with E-state index in [1.54, 1.807) is 13.3 Å². The lowest BCUT2D eigenvalue weighted by molar-refractivity contribution is -0.122. The number of pyridine rings is 1. The van der Waals surface area contributed by atoms with E-state index >= 15 is 0 Å². The van der Waals surface area contributed by atoms with Crippen molar-refractivity contribution in [3.05, 3.63) is 29.6 Å². The Labute approximate surface area is 107 Å². The van der Waals surface area contributed by atoms with Gasteiger partial charge in [-0.15, -0.1) is 0 Å². The first kappa shape index (κ1) is 13.0. The average Bonchev–Trinajstić information content (AvgIpc) is 2.75. The van der Waals surface area contributed by atoms with E-state index in [9.17, 15) is 4.79 Å². The van der Waals surface area contributed by atoms with Crippen LogP contribution < -0.4 is 5.73 Å². The van der Waals surface area contributed by atoms with Crippen molar-refractivity contribution in [2.75, 3.05) is 13.7 Å².